The van der Waals surface area contributed by atoms with Crippen LogP contribution in [0.3, 0.4) is 0 Å². The zero-order valence-electron chi connectivity index (χ0n) is 49.5. The summed E-state index contributed by atoms with van der Waals surface area (Å²) in [6, 6.07) is 10.9. The topological polar surface area (TPSA) is 551 Å². The van der Waals surface area contributed by atoms with Gasteiger partial charge < -0.3 is 112 Å². The maximum atomic E-state index is 14.4. The Balaban J connectivity index is 1.59. The van der Waals surface area contributed by atoms with Crippen LogP contribution in [0.2, 0.25) is 0 Å². The van der Waals surface area contributed by atoms with Gasteiger partial charge in [0.1, 0.15) is 41.1 Å². The van der Waals surface area contributed by atoms with E-state index in [1.807, 2.05) is 0 Å². The molecule has 26 N–H and O–H groups in total. The molecule has 4 aromatic rings. The van der Waals surface area contributed by atoms with E-state index < -0.39 is 77.5 Å². The van der Waals surface area contributed by atoms with Gasteiger partial charge >= 0.3 is 6.03 Å². The molecule has 0 spiro atoms. The molecule has 4 rings (SSSR count). The molecule has 4 aromatic carbocycles. The smallest absolute Gasteiger partial charge is 0.312 e. The quantitative estimate of drug-likeness (QED) is 0.0157. The first-order chi connectivity index (χ1) is 42.4. The van der Waals surface area contributed by atoms with Crippen molar-refractivity contribution in [1.82, 2.24) is 37.2 Å². The molecule has 0 bridgehead atoms. The third-order valence-electron chi connectivity index (χ3n) is 13.0. The van der Waals surface area contributed by atoms with Gasteiger partial charge in [-0.3, -0.25) is 54.6 Å². The molecule has 89 heavy (non-hydrogen) atoms. The molecule has 0 aromatic heterocycles. The Morgan fingerprint density at radius 3 is 0.944 bits per heavy atom. The Hall–Kier alpha value is -11.1. The number of nitrogens with one attached hydrogen (secondary N) is 14. The minimum absolute atomic E-state index is 0.00878. The predicted octanol–water partition coefficient (Wildman–Crippen LogP) is -0.465. The Morgan fingerprint density at radius 2 is 0.663 bits per heavy atom. The van der Waals surface area contributed by atoms with Crippen LogP contribution in [0.4, 0.5) is 27.5 Å². The first-order valence-electron chi connectivity index (χ1n) is 27.6. The number of hydrogen-bond donors (Lipinski definition) is 20. The zero-order valence-corrected chi connectivity index (χ0v) is 49.5. The Morgan fingerprint density at radius 1 is 0.393 bits per heavy atom. The third-order valence-corrected chi connectivity index (χ3v) is 13.0. The van der Waals surface area contributed by atoms with Crippen LogP contribution in [-0.4, -0.2) is 150 Å². The van der Waals surface area contributed by atoms with Gasteiger partial charge in [0.05, 0.1) is 56.7 Å². The van der Waals surface area contributed by atoms with Gasteiger partial charge in [0, 0.05) is 48.9 Å². The lowest BCUT2D eigenvalue weighted by atomic mass is 10.1. The number of nitrogens with two attached hydrogens (primary N) is 6. The van der Waals surface area contributed by atoms with Crippen LogP contribution >= 0.6 is 0 Å². The highest BCUT2D eigenvalue weighted by Gasteiger charge is 2.29. The number of benzene rings is 4. The molecule has 10 amide bonds. The lowest BCUT2D eigenvalue weighted by Gasteiger charge is -2.22. The summed E-state index contributed by atoms with van der Waals surface area (Å²) in [6.45, 7) is 0.613. The van der Waals surface area contributed by atoms with Crippen LogP contribution in [0.15, 0.2) is 72.8 Å². The van der Waals surface area contributed by atoms with Crippen molar-refractivity contribution in [2.24, 2.45) is 34.4 Å². The van der Waals surface area contributed by atoms with E-state index in [0.29, 0.717) is 13.0 Å². The molecule has 0 aliphatic heterocycles. The normalized spacial score (nSPS) is 11.9. The number of carbonyl (C=O) groups is 9. The van der Waals surface area contributed by atoms with E-state index >= 15 is 0 Å². The molecule has 33 nitrogen and oxygen atoms in total. The number of hydrogen-bond acceptors (Lipinski definition) is 17. The number of urea groups is 1. The van der Waals surface area contributed by atoms with Crippen LogP contribution in [0.25, 0.3) is 0 Å². The summed E-state index contributed by atoms with van der Waals surface area (Å²) in [7, 11) is 5.23. The van der Waals surface area contributed by atoms with Crippen molar-refractivity contribution < 1.29 is 62.1 Å². The molecule has 480 valence electrons. The minimum atomic E-state index is -1.33. The lowest BCUT2D eigenvalue weighted by Crippen LogP contribution is -2.45. The van der Waals surface area contributed by atoms with Crippen molar-refractivity contribution in [3.8, 4) is 23.0 Å². The summed E-state index contributed by atoms with van der Waals surface area (Å²) < 4.78 is 21.6. The second-order valence-corrected chi connectivity index (χ2v) is 19.5. The van der Waals surface area contributed by atoms with Gasteiger partial charge in [0.2, 0.25) is 23.6 Å². The van der Waals surface area contributed by atoms with Gasteiger partial charge in [-0.15, -0.1) is 0 Å². The summed E-state index contributed by atoms with van der Waals surface area (Å²) in [4.78, 5) is 121. The highest BCUT2D eigenvalue weighted by atomic mass is 16.5. The number of rotatable bonds is 35. The van der Waals surface area contributed by atoms with Gasteiger partial charge in [-0.2, -0.15) is 0 Å². The Labute approximate surface area is 511 Å². The second kappa shape index (κ2) is 35.4. The molecule has 0 saturated carbocycles. The van der Waals surface area contributed by atoms with E-state index in [2.05, 4.69) is 58.5 Å². The summed E-state index contributed by atoms with van der Waals surface area (Å²) in [5.41, 5.74) is 33.1. The average Bonchev–Trinajstić information content (AvgIpc) is 2.33. The number of ether oxygens (including phenoxy) is 4. The van der Waals surface area contributed by atoms with E-state index in [-0.39, 0.29) is 150 Å². The van der Waals surface area contributed by atoms with Crippen LogP contribution in [0.1, 0.15) is 92.8 Å². The van der Waals surface area contributed by atoms with Crippen LogP contribution in [-0.2, 0) is 19.2 Å². The van der Waals surface area contributed by atoms with Crippen LogP contribution in [0, 0.1) is 16.2 Å². The van der Waals surface area contributed by atoms with Crippen molar-refractivity contribution >= 4 is 93.9 Å². The van der Waals surface area contributed by atoms with Gasteiger partial charge in [-0.25, -0.2) is 4.79 Å². The van der Waals surface area contributed by atoms with Gasteiger partial charge in [0.15, 0.2) is 17.9 Å². The highest BCUT2D eigenvalue weighted by Crippen LogP contribution is 2.28. The van der Waals surface area contributed by atoms with E-state index in [1.165, 1.54) is 101 Å². The number of anilines is 4. The fourth-order valence-electron chi connectivity index (χ4n) is 8.56. The van der Waals surface area contributed by atoms with Gasteiger partial charge in [-0.05, 0) is 124 Å². The van der Waals surface area contributed by atoms with E-state index in [4.69, 9.17) is 69.6 Å². The highest BCUT2D eigenvalue weighted by molar-refractivity contribution is 6.08. The number of carbonyl (C=O) groups excluding carboxylic acids is 9. The fraction of sp³-hybridized carbons (Fsp3) is 0.357. The first-order valence-corrected chi connectivity index (χ1v) is 27.6. The van der Waals surface area contributed by atoms with E-state index in [9.17, 15) is 43.2 Å². The molecule has 0 unspecified atom stereocenters. The monoisotopic (exact) mass is 1240 g/mol. The third kappa shape index (κ3) is 23.0. The number of guanidine groups is 3. The summed E-state index contributed by atoms with van der Waals surface area (Å²) in [5.74, 6) is -6.73. The predicted molar refractivity (Wildman–Crippen MR) is 331 cm³/mol. The minimum Gasteiger partial charge on any atom is -0.496 e. The first kappa shape index (κ1) is 70.4. The standard InChI is InChI=1S/C56H78N20O13/c1-86-41-17-13-29(25-33(41)45(58)77)71-50(82)40(12-8-24-69-56(65)85)76-48(80)36-28-32(16-20-44(36)89-4)73-52(84)39(11-7-23-68-55(63)64)75-47(79)35-27-31(15-19-43(35)88-3)72-51(83)38(10-6-22-67-54(61)62)74-46(78)34-26-30(14-18-42(34)87-2)70-49(81)37(57)9-5-21-66-53(59)60/h13-20,25-28,37-40H,5-12,21-24,57H2,1-4H3,(H2,58,77)(H,70,81)(H,71,82)(H,72,83)(H,73,84)(H,74,78)(H,75,79)(H,76,80)(H4,59,60,66)(H4,61,62,67)(H4,63,64,68)(H3,65,69,85)/t37-,38-,39-,40-/m1/s1. The Kier molecular flexibility index (Phi) is 28.0. The number of primary amides is 2. The molecule has 0 saturated heterocycles. The van der Waals surface area contributed by atoms with E-state index in [0.717, 1.165) is 0 Å². The van der Waals surface area contributed by atoms with Crippen LogP contribution < -0.4 is 112 Å². The number of methoxy groups -OCH3 is 4. The maximum absolute atomic E-state index is 14.4. The van der Waals surface area contributed by atoms with Crippen molar-refractivity contribution in [2.75, 3.05) is 75.9 Å². The largest absolute Gasteiger partial charge is 0.496 e. The molecular formula is C56H78N20O13. The maximum Gasteiger partial charge on any atom is 0.312 e. The SMILES string of the molecule is COc1ccc(NC(=O)[C@@H](CCCNC(N)=O)NC(=O)c2cc(NC(=O)[C@@H](CCCNC(=N)N)NC(=O)c3cc(NC(=O)[C@@H](CCCNC(=N)N)NC(=O)c4cc(NC(=O)[C@H](N)CCCNC(=N)N)ccc4OC)ccc3OC)ccc2OC)cc1C(N)=O. The summed E-state index contributed by atoms with van der Waals surface area (Å²) in [5, 5.41) is 51.6. The molecule has 0 fully saturated rings. The lowest BCUT2D eigenvalue weighted by molar-refractivity contribution is -0.118. The van der Waals surface area contributed by atoms with E-state index in [1.54, 1.807) is 0 Å². The molecule has 0 radical (unpaired) electrons. The van der Waals surface area contributed by atoms with Crippen LogP contribution in [0.5, 0.6) is 23.0 Å². The molecular weight excluding hydrogens is 1160 g/mol. The molecule has 4 atom stereocenters. The molecule has 0 aliphatic carbocycles. The second-order valence-electron chi connectivity index (χ2n) is 19.5. The molecule has 0 heterocycles. The molecule has 0 aliphatic rings. The van der Waals surface area contributed by atoms with Crippen molar-refractivity contribution in [3.63, 3.8) is 0 Å². The van der Waals surface area contributed by atoms with Crippen molar-refractivity contribution in [1.29, 1.82) is 16.2 Å². The number of amides is 10. The van der Waals surface area contributed by atoms with Gasteiger partial charge in [0.25, 0.3) is 23.6 Å². The van der Waals surface area contributed by atoms with Crippen molar-refractivity contribution in [2.45, 2.75) is 75.5 Å². The fourth-order valence-corrected chi connectivity index (χ4v) is 8.56. The summed E-state index contributed by atoms with van der Waals surface area (Å²) >= 11 is 0. The van der Waals surface area contributed by atoms with Crippen molar-refractivity contribution in [3.05, 3.63) is 95.1 Å². The zero-order chi connectivity index (χ0) is 65.7. The average molecular weight is 1240 g/mol. The van der Waals surface area contributed by atoms with Gasteiger partial charge in [-0.1, -0.05) is 0 Å². The summed E-state index contributed by atoms with van der Waals surface area (Å²) in [6.07, 6.45) is 1.13. The Bertz CT molecular complexity index is 3240. The molecule has 33 heteroatoms.